The molecular formula is C9H18N2OY-2. The van der Waals surface area contributed by atoms with Gasteiger partial charge in [-0.05, 0) is 12.8 Å². The number of carbonyl (C=O) groups is 1. The maximum Gasteiger partial charge on any atom is 0.0826 e. The van der Waals surface area contributed by atoms with E-state index in [1.807, 2.05) is 0 Å². The number of hydrogen-bond donors (Lipinski definition) is 1. The van der Waals surface area contributed by atoms with Crippen LogP contribution >= 0.6 is 0 Å². The Kier molecular flexibility index (Phi) is 8.29. The van der Waals surface area contributed by atoms with Gasteiger partial charge in [0.25, 0.3) is 0 Å². The van der Waals surface area contributed by atoms with Crippen molar-refractivity contribution < 1.29 is 37.5 Å². The molecule has 2 N–H and O–H groups in total. The van der Waals surface area contributed by atoms with E-state index in [1.54, 1.807) is 4.90 Å². The SMILES string of the molecule is [CH2-]C(=O)N1C[C@@H](N)C[C@H]1CC.[CH3-].[Y]. The van der Waals surface area contributed by atoms with Gasteiger partial charge in [0.05, 0.1) is 5.91 Å². The van der Waals surface area contributed by atoms with Gasteiger partial charge in [0, 0.05) is 51.3 Å². The van der Waals surface area contributed by atoms with Crippen LogP contribution in [0, 0.1) is 14.4 Å². The van der Waals surface area contributed by atoms with Gasteiger partial charge in [-0.15, -0.1) is 0 Å². The van der Waals surface area contributed by atoms with Crippen molar-refractivity contribution in [2.75, 3.05) is 6.54 Å². The van der Waals surface area contributed by atoms with Crippen LogP contribution in [0.4, 0.5) is 0 Å². The quantitative estimate of drug-likeness (QED) is 0.701. The molecule has 0 aromatic rings. The molecule has 1 rings (SSSR count). The number of nitrogens with zero attached hydrogens (tertiary/aromatic N) is 1. The molecule has 3 nitrogen and oxygen atoms in total. The molecule has 1 aliphatic heterocycles. The number of carbonyl (C=O) groups excluding carboxylic acids is 1. The summed E-state index contributed by atoms with van der Waals surface area (Å²) in [5.74, 6) is -0.0928. The monoisotopic (exact) mass is 259 g/mol. The van der Waals surface area contributed by atoms with Crippen LogP contribution in [-0.4, -0.2) is 29.4 Å². The van der Waals surface area contributed by atoms with E-state index in [0.717, 1.165) is 12.8 Å². The van der Waals surface area contributed by atoms with E-state index in [9.17, 15) is 4.79 Å². The molecule has 75 valence electrons. The summed E-state index contributed by atoms with van der Waals surface area (Å²) in [6, 6.07) is 0.487. The average Bonchev–Trinajstić information content (AvgIpc) is 2.30. The molecular weight excluding hydrogens is 241 g/mol. The van der Waals surface area contributed by atoms with E-state index < -0.39 is 0 Å². The van der Waals surface area contributed by atoms with E-state index >= 15 is 0 Å². The first-order valence-corrected chi connectivity index (χ1v) is 4.03. The van der Waals surface area contributed by atoms with Crippen molar-refractivity contribution in [1.82, 2.24) is 4.90 Å². The Labute approximate surface area is 106 Å². The summed E-state index contributed by atoms with van der Waals surface area (Å²) >= 11 is 0. The van der Waals surface area contributed by atoms with Crippen LogP contribution in [0.5, 0.6) is 0 Å². The molecule has 1 heterocycles. The van der Waals surface area contributed by atoms with Gasteiger partial charge in [-0.1, -0.05) is 6.92 Å². The van der Waals surface area contributed by atoms with Gasteiger partial charge in [-0.3, -0.25) is 0 Å². The summed E-state index contributed by atoms with van der Waals surface area (Å²) < 4.78 is 0. The molecule has 1 amide bonds. The second-order valence-corrected chi connectivity index (χ2v) is 3.10. The molecule has 0 aromatic heterocycles. The Hall–Kier alpha value is 0.404. The first-order chi connectivity index (χ1) is 5.15. The van der Waals surface area contributed by atoms with Crippen molar-refractivity contribution in [3.05, 3.63) is 14.4 Å². The second-order valence-electron chi connectivity index (χ2n) is 3.10. The molecule has 0 bridgehead atoms. The van der Waals surface area contributed by atoms with Gasteiger partial charge in [-0.2, -0.15) is 0 Å². The van der Waals surface area contributed by atoms with Gasteiger partial charge in [0.15, 0.2) is 0 Å². The minimum atomic E-state index is -0.0928. The number of likely N-dealkylation sites (tertiary alicyclic amines) is 1. The smallest absolute Gasteiger partial charge is 0.0826 e. The maximum absolute atomic E-state index is 10.9. The normalized spacial score (nSPS) is 26.2. The van der Waals surface area contributed by atoms with Gasteiger partial charge in [0.1, 0.15) is 0 Å². The summed E-state index contributed by atoms with van der Waals surface area (Å²) in [5.41, 5.74) is 5.71. The Bertz CT molecular complexity index is 164. The second kappa shape index (κ2) is 6.80. The van der Waals surface area contributed by atoms with Crippen molar-refractivity contribution >= 4 is 5.91 Å². The van der Waals surface area contributed by atoms with Crippen LogP contribution in [0.1, 0.15) is 19.8 Å². The van der Waals surface area contributed by atoms with E-state index in [2.05, 4.69) is 13.8 Å². The number of nitrogens with two attached hydrogens (primary N) is 1. The first-order valence-electron chi connectivity index (χ1n) is 4.03. The van der Waals surface area contributed by atoms with Gasteiger partial charge < -0.3 is 29.8 Å². The predicted molar refractivity (Wildman–Crippen MR) is 50.2 cm³/mol. The standard InChI is InChI=1S/C8H15N2O.CH3.Y/c1-3-8-4-7(9)5-10(8)6(2)11;;/h7-8H,2-5,9H2,1H3;1H3;/q2*-1;/t7-,8+;;/m0../s1. The van der Waals surface area contributed by atoms with Crippen LogP contribution in [-0.2, 0) is 37.5 Å². The third-order valence-corrected chi connectivity index (χ3v) is 2.24. The van der Waals surface area contributed by atoms with E-state index in [-0.39, 0.29) is 52.1 Å². The van der Waals surface area contributed by atoms with E-state index in [0.29, 0.717) is 12.6 Å². The minimum absolute atomic E-state index is 0. The van der Waals surface area contributed by atoms with Crippen LogP contribution in [0.2, 0.25) is 0 Å². The summed E-state index contributed by atoms with van der Waals surface area (Å²) in [4.78, 5) is 12.7. The van der Waals surface area contributed by atoms with Crippen LogP contribution in [0.25, 0.3) is 0 Å². The average molecular weight is 259 g/mol. The minimum Gasteiger partial charge on any atom is -0.363 e. The fourth-order valence-electron chi connectivity index (χ4n) is 1.65. The molecule has 1 aliphatic rings. The largest absolute Gasteiger partial charge is 0.363 e. The van der Waals surface area contributed by atoms with E-state index in [1.165, 1.54) is 0 Å². The first kappa shape index (κ1) is 15.9. The summed E-state index contributed by atoms with van der Waals surface area (Å²) in [6.07, 6.45) is 1.91. The number of rotatable bonds is 1. The summed E-state index contributed by atoms with van der Waals surface area (Å²) in [5, 5.41) is 0. The van der Waals surface area contributed by atoms with Crippen molar-refractivity contribution in [3.8, 4) is 0 Å². The summed E-state index contributed by atoms with van der Waals surface area (Å²) in [7, 11) is 0. The molecule has 1 fully saturated rings. The number of amides is 1. The topological polar surface area (TPSA) is 46.3 Å². The molecule has 0 aromatic carbocycles. The summed E-state index contributed by atoms with van der Waals surface area (Å²) in [6.45, 7) is 6.13. The zero-order valence-corrected chi connectivity index (χ0v) is 11.3. The van der Waals surface area contributed by atoms with Gasteiger partial charge >= 0.3 is 0 Å². The van der Waals surface area contributed by atoms with Crippen molar-refractivity contribution in [3.63, 3.8) is 0 Å². The van der Waals surface area contributed by atoms with Crippen molar-refractivity contribution in [2.45, 2.75) is 31.8 Å². The van der Waals surface area contributed by atoms with E-state index in [4.69, 9.17) is 5.73 Å². The van der Waals surface area contributed by atoms with Crippen LogP contribution in [0.15, 0.2) is 0 Å². The fourth-order valence-corrected chi connectivity index (χ4v) is 1.65. The Morgan fingerprint density at radius 2 is 2.23 bits per heavy atom. The zero-order valence-electron chi connectivity index (χ0n) is 8.49. The molecule has 2 atom stereocenters. The molecule has 1 saturated heterocycles. The van der Waals surface area contributed by atoms with Crippen molar-refractivity contribution in [2.24, 2.45) is 5.73 Å². The molecule has 0 aliphatic carbocycles. The maximum atomic E-state index is 10.9. The predicted octanol–water partition coefficient (Wildman–Crippen LogP) is 0.606. The van der Waals surface area contributed by atoms with Crippen LogP contribution < -0.4 is 5.73 Å². The number of hydrogen-bond acceptors (Lipinski definition) is 2. The zero-order chi connectivity index (χ0) is 8.43. The molecule has 13 heavy (non-hydrogen) atoms. The Balaban J connectivity index is 0. The Morgan fingerprint density at radius 3 is 2.54 bits per heavy atom. The van der Waals surface area contributed by atoms with Gasteiger partial charge in [-0.25, -0.2) is 0 Å². The molecule has 0 spiro atoms. The molecule has 0 unspecified atom stereocenters. The third-order valence-electron chi connectivity index (χ3n) is 2.24. The molecule has 4 heteroatoms. The molecule has 1 radical (unpaired) electrons. The third kappa shape index (κ3) is 3.96. The fraction of sp³-hybridized carbons (Fsp3) is 0.667. The Morgan fingerprint density at radius 1 is 1.69 bits per heavy atom. The van der Waals surface area contributed by atoms with Crippen molar-refractivity contribution in [1.29, 1.82) is 0 Å². The molecule has 0 saturated carbocycles. The van der Waals surface area contributed by atoms with Crippen LogP contribution in [0.3, 0.4) is 0 Å². The van der Waals surface area contributed by atoms with Gasteiger partial charge in [0.2, 0.25) is 0 Å².